The Morgan fingerprint density at radius 3 is 2.63 bits per heavy atom. The molecule has 0 radical (unpaired) electrons. The largest absolute Gasteiger partial charge is 0.373 e. The van der Waals surface area contributed by atoms with Gasteiger partial charge >= 0.3 is 0 Å². The highest BCUT2D eigenvalue weighted by atomic mass is 35.5. The lowest BCUT2D eigenvalue weighted by Gasteiger charge is -2.32. The Kier molecular flexibility index (Phi) is 6.29. The van der Waals surface area contributed by atoms with Crippen molar-refractivity contribution in [3.05, 3.63) is 88.3 Å². The first kappa shape index (κ1) is 20.4. The molecule has 1 aliphatic heterocycles. The number of hydrogen-bond donors (Lipinski definition) is 1. The van der Waals surface area contributed by atoms with Crippen molar-refractivity contribution in [2.45, 2.75) is 25.2 Å². The average Bonchev–Trinajstić information content (AvgIpc) is 2.79. The highest BCUT2D eigenvalue weighted by molar-refractivity contribution is 6.30. The van der Waals surface area contributed by atoms with E-state index in [0.29, 0.717) is 17.3 Å². The fourth-order valence-electron chi connectivity index (χ4n) is 3.93. The molecule has 3 aromatic rings. The number of nitrogens with one attached hydrogen (secondary N) is 1. The molecular formula is C24H25ClN4O. The molecule has 0 atom stereocenters. The molecule has 1 fully saturated rings. The van der Waals surface area contributed by atoms with E-state index in [4.69, 9.17) is 16.6 Å². The summed E-state index contributed by atoms with van der Waals surface area (Å²) in [6.45, 7) is 1.49. The third kappa shape index (κ3) is 4.79. The molecule has 4 rings (SSSR count). The van der Waals surface area contributed by atoms with Crippen molar-refractivity contribution >= 4 is 23.3 Å². The number of carbonyl (C=O) groups is 1. The first-order valence-corrected chi connectivity index (χ1v) is 10.6. The molecule has 0 bridgehead atoms. The lowest BCUT2D eigenvalue weighted by molar-refractivity contribution is 0.0712. The van der Waals surface area contributed by atoms with Gasteiger partial charge in [0.05, 0.1) is 0 Å². The second-order valence-corrected chi connectivity index (χ2v) is 8.08. The van der Waals surface area contributed by atoms with E-state index in [0.717, 1.165) is 43.1 Å². The van der Waals surface area contributed by atoms with Crippen LogP contribution in [0.3, 0.4) is 0 Å². The highest BCUT2D eigenvalue weighted by Crippen LogP contribution is 2.28. The minimum Gasteiger partial charge on any atom is -0.373 e. The summed E-state index contributed by atoms with van der Waals surface area (Å²) in [5.41, 5.74) is 4.14. The molecule has 5 nitrogen and oxygen atoms in total. The standard InChI is InChI=1S/C24H25ClN4O/c1-26-23-15-20(7-10-27-23)24(30)29-11-8-19(9-12-29)22-6-5-18(16-28-22)13-17-3-2-4-21(25)14-17/h2-7,10,14-16,19H,8-9,11-13H2,1H3,(H,26,27). The van der Waals surface area contributed by atoms with Gasteiger partial charge in [-0.1, -0.05) is 29.8 Å². The molecule has 0 unspecified atom stereocenters. The minimum absolute atomic E-state index is 0.0668. The number of benzene rings is 1. The second-order valence-electron chi connectivity index (χ2n) is 7.64. The van der Waals surface area contributed by atoms with E-state index in [1.54, 1.807) is 25.4 Å². The van der Waals surface area contributed by atoms with Gasteiger partial charge in [-0.15, -0.1) is 0 Å². The predicted octanol–water partition coefficient (Wildman–Crippen LogP) is 4.78. The molecule has 1 aliphatic rings. The van der Waals surface area contributed by atoms with E-state index >= 15 is 0 Å². The number of carbonyl (C=O) groups excluding carboxylic acids is 1. The summed E-state index contributed by atoms with van der Waals surface area (Å²) >= 11 is 6.08. The van der Waals surface area contributed by atoms with Crippen LogP contribution in [0.2, 0.25) is 5.02 Å². The summed E-state index contributed by atoms with van der Waals surface area (Å²) < 4.78 is 0. The molecule has 3 heterocycles. The number of amides is 1. The zero-order valence-corrected chi connectivity index (χ0v) is 17.8. The minimum atomic E-state index is 0.0668. The summed E-state index contributed by atoms with van der Waals surface area (Å²) in [6, 6.07) is 15.8. The van der Waals surface area contributed by atoms with Crippen molar-refractivity contribution in [2.24, 2.45) is 0 Å². The maximum Gasteiger partial charge on any atom is 0.254 e. The van der Waals surface area contributed by atoms with Crippen LogP contribution < -0.4 is 5.32 Å². The van der Waals surface area contributed by atoms with Crippen LogP contribution in [-0.2, 0) is 6.42 Å². The summed E-state index contributed by atoms with van der Waals surface area (Å²) in [7, 11) is 1.80. The fraction of sp³-hybridized carbons (Fsp3) is 0.292. The predicted molar refractivity (Wildman–Crippen MR) is 120 cm³/mol. The first-order chi connectivity index (χ1) is 14.6. The van der Waals surface area contributed by atoms with Crippen LogP contribution in [0.1, 0.15) is 45.9 Å². The van der Waals surface area contributed by atoms with Gasteiger partial charge in [0.25, 0.3) is 5.91 Å². The van der Waals surface area contributed by atoms with Crippen LogP contribution in [0.5, 0.6) is 0 Å². The van der Waals surface area contributed by atoms with Crippen LogP contribution >= 0.6 is 11.6 Å². The average molecular weight is 421 g/mol. The van der Waals surface area contributed by atoms with Gasteiger partial charge in [0, 0.05) is 54.7 Å². The Balaban J connectivity index is 1.35. The Morgan fingerprint density at radius 1 is 1.10 bits per heavy atom. The molecule has 1 amide bonds. The number of likely N-dealkylation sites (tertiary alicyclic amines) is 1. The van der Waals surface area contributed by atoms with Crippen molar-refractivity contribution in [1.82, 2.24) is 14.9 Å². The molecule has 30 heavy (non-hydrogen) atoms. The smallest absolute Gasteiger partial charge is 0.254 e. The van der Waals surface area contributed by atoms with E-state index in [1.807, 2.05) is 29.3 Å². The molecule has 1 saturated heterocycles. The van der Waals surface area contributed by atoms with Gasteiger partial charge < -0.3 is 10.2 Å². The maximum absolute atomic E-state index is 12.8. The zero-order valence-electron chi connectivity index (χ0n) is 17.0. The summed E-state index contributed by atoms with van der Waals surface area (Å²) in [5.74, 6) is 1.16. The Bertz CT molecular complexity index is 1010. The van der Waals surface area contributed by atoms with Crippen LogP contribution in [-0.4, -0.2) is 40.9 Å². The molecule has 0 spiro atoms. The lowest BCUT2D eigenvalue weighted by atomic mass is 9.92. The Hall–Kier alpha value is -2.92. The van der Waals surface area contributed by atoms with Gasteiger partial charge in [0.15, 0.2) is 0 Å². The third-order valence-electron chi connectivity index (χ3n) is 5.61. The van der Waals surface area contributed by atoms with Crippen molar-refractivity contribution in [3.63, 3.8) is 0 Å². The number of halogens is 1. The Labute approximate surface area is 182 Å². The van der Waals surface area contributed by atoms with Crippen LogP contribution in [0.4, 0.5) is 5.82 Å². The monoisotopic (exact) mass is 420 g/mol. The number of rotatable bonds is 5. The summed E-state index contributed by atoms with van der Waals surface area (Å²) in [5, 5.41) is 3.74. The molecule has 1 aromatic carbocycles. The zero-order chi connectivity index (χ0) is 20.9. The topological polar surface area (TPSA) is 58.1 Å². The highest BCUT2D eigenvalue weighted by Gasteiger charge is 2.25. The number of aromatic nitrogens is 2. The number of piperidine rings is 1. The van der Waals surface area contributed by atoms with Crippen molar-refractivity contribution in [1.29, 1.82) is 0 Å². The number of nitrogens with zero attached hydrogens (tertiary/aromatic N) is 3. The van der Waals surface area contributed by atoms with Crippen LogP contribution in [0.25, 0.3) is 0 Å². The summed E-state index contributed by atoms with van der Waals surface area (Å²) in [4.78, 5) is 23.6. The quantitative estimate of drug-likeness (QED) is 0.645. The molecule has 1 N–H and O–H groups in total. The van der Waals surface area contributed by atoms with Crippen LogP contribution in [0.15, 0.2) is 60.9 Å². The van der Waals surface area contributed by atoms with E-state index in [9.17, 15) is 4.79 Å². The lowest BCUT2D eigenvalue weighted by Crippen LogP contribution is -2.38. The van der Waals surface area contributed by atoms with Gasteiger partial charge in [-0.05, 0) is 60.7 Å². The fourth-order valence-corrected chi connectivity index (χ4v) is 4.14. The van der Waals surface area contributed by atoms with Crippen molar-refractivity contribution in [3.8, 4) is 0 Å². The van der Waals surface area contributed by atoms with E-state index < -0.39 is 0 Å². The van der Waals surface area contributed by atoms with Crippen molar-refractivity contribution < 1.29 is 4.79 Å². The molecule has 0 aliphatic carbocycles. The normalized spacial score (nSPS) is 14.5. The molecule has 2 aromatic heterocycles. The molecule has 6 heteroatoms. The van der Waals surface area contributed by atoms with E-state index in [1.165, 1.54) is 11.1 Å². The van der Waals surface area contributed by atoms with Crippen molar-refractivity contribution in [2.75, 3.05) is 25.5 Å². The third-order valence-corrected chi connectivity index (χ3v) is 5.84. The number of pyridine rings is 2. The van der Waals surface area contributed by atoms with Crippen LogP contribution in [0, 0.1) is 0 Å². The van der Waals surface area contributed by atoms with Gasteiger partial charge in [-0.25, -0.2) is 4.98 Å². The SMILES string of the molecule is CNc1cc(C(=O)N2CCC(c3ccc(Cc4cccc(Cl)c4)cn3)CC2)ccn1. The molecule has 0 saturated carbocycles. The molecular weight excluding hydrogens is 396 g/mol. The molecule has 154 valence electrons. The summed E-state index contributed by atoms with van der Waals surface area (Å²) in [6.07, 6.45) is 6.30. The van der Waals surface area contributed by atoms with Gasteiger partial charge in [-0.2, -0.15) is 0 Å². The number of anilines is 1. The Morgan fingerprint density at radius 2 is 1.93 bits per heavy atom. The van der Waals surface area contributed by atoms with Gasteiger partial charge in [0.2, 0.25) is 0 Å². The number of hydrogen-bond acceptors (Lipinski definition) is 4. The second kappa shape index (κ2) is 9.26. The van der Waals surface area contributed by atoms with E-state index in [-0.39, 0.29) is 5.91 Å². The van der Waals surface area contributed by atoms with Gasteiger partial charge in [0.1, 0.15) is 5.82 Å². The van der Waals surface area contributed by atoms with Gasteiger partial charge in [-0.3, -0.25) is 9.78 Å². The maximum atomic E-state index is 12.8. The first-order valence-electron chi connectivity index (χ1n) is 10.2. The van der Waals surface area contributed by atoms with E-state index in [2.05, 4.69) is 28.5 Å².